The van der Waals surface area contributed by atoms with Crippen LogP contribution in [-0.2, 0) is 5.41 Å². The van der Waals surface area contributed by atoms with Crippen LogP contribution >= 0.6 is 0 Å². The zero-order valence-corrected chi connectivity index (χ0v) is 80.8. The molecule has 1 aliphatic rings. The van der Waals surface area contributed by atoms with Gasteiger partial charge < -0.3 is 4.42 Å². The quantitative estimate of drug-likeness (QED) is 0.140. The summed E-state index contributed by atoms with van der Waals surface area (Å²) in [5.74, 6) is 1.77. The summed E-state index contributed by atoms with van der Waals surface area (Å²) in [6.45, 7) is 2.42. The van der Waals surface area contributed by atoms with Crippen molar-refractivity contribution in [3.05, 3.63) is 478 Å². The van der Waals surface area contributed by atoms with Crippen molar-refractivity contribution < 1.29 is 4.42 Å². The Morgan fingerprint density at radius 1 is 0.207 bits per heavy atom. The molecule has 0 spiro atoms. The van der Waals surface area contributed by atoms with Crippen LogP contribution in [0.5, 0.6) is 0 Å². The second-order valence-electron chi connectivity index (χ2n) is 40.9. The van der Waals surface area contributed by atoms with Crippen molar-refractivity contribution in [1.29, 1.82) is 0 Å². The van der Waals surface area contributed by atoms with Gasteiger partial charge in [0.05, 0.1) is 55.7 Å². The van der Waals surface area contributed by atoms with Crippen LogP contribution in [0.1, 0.15) is 23.6 Å². The molecule has 690 valence electrons. The van der Waals surface area contributed by atoms with Gasteiger partial charge >= 0.3 is 0 Å². The lowest BCUT2D eigenvalue weighted by molar-refractivity contribution is 0.666. The van der Waals surface area contributed by atoms with Crippen molar-refractivity contribution in [2.24, 2.45) is 0 Å². The second kappa shape index (κ2) is 30.4. The molecule has 7 aromatic heterocycles. The molecule has 0 N–H and O–H groups in total. The second-order valence-corrected chi connectivity index (χ2v) is 40.9. The van der Waals surface area contributed by atoms with Crippen molar-refractivity contribution in [1.82, 2.24) is 43.6 Å². The van der Waals surface area contributed by atoms with Gasteiger partial charge in [-0.3, -0.25) is 13.7 Å². The van der Waals surface area contributed by atoms with Crippen LogP contribution in [0.2, 0.25) is 0 Å². The summed E-state index contributed by atoms with van der Waals surface area (Å²) in [5, 5.41) is 41.4. The molecule has 0 saturated carbocycles. The molecule has 150 heavy (non-hydrogen) atoms. The number of hydrogen-bond donors (Lipinski definition) is 0. The Labute approximate surface area is 855 Å². The number of fused-ring (bicyclic) bond motifs is 46. The van der Waals surface area contributed by atoms with E-state index in [1.807, 2.05) is 18.2 Å². The average Bonchev–Trinajstić information content (AvgIpc) is 1.51. The smallest absolute Gasteiger partial charge is 0.236 e. The predicted molar refractivity (Wildman–Crippen MR) is 625 cm³/mol. The summed E-state index contributed by atoms with van der Waals surface area (Å²) in [6, 6.07) is 170. The molecule has 1 aliphatic carbocycles. The molecule has 0 saturated heterocycles. The van der Waals surface area contributed by atoms with E-state index >= 15 is 0 Å². The van der Waals surface area contributed by atoms with E-state index in [0.717, 1.165) is 236 Å². The standard InChI is InChI=1S/C140H79N9O/c1-140(89-60-66-106-113(77-89)100-46-21-19-44-98(100)104-69-73-118-126(122(104)106)111-65-56-81-31-12-15-39-93(81)135(111)149(118)139-144-130(83-34-6-3-7-35-83)136-132(146-139)108-49-25-27-51-119(108)150-136)114-50-26-24-48-107(114)131-127(140)129(82-32-4-2-5-33-82)143-138(145-131)148-117-72-68-103-97-43-18-20-45-99(97)112-76-86(58-62-105(112)121(103)125(117)110-64-55-80-30-11-14-38-92(80)134(110)148)85-57-61-90-87(74-85)59-70-115-123(90)128(88-53-52-78-28-8-9-36-84(78)75-88)142-137(141-115)147-116-71-67-102-96-42-17-16-40-94(96)95-41-22-23-47-101(95)120(102)124(116)109-63-54-79-29-10-13-37-91(79)133(109)147/h2-77H,1H3. The van der Waals surface area contributed by atoms with Gasteiger partial charge in [-0.25, -0.2) is 29.9 Å². The van der Waals surface area contributed by atoms with Gasteiger partial charge in [0, 0.05) is 109 Å². The molecular formula is C140H79N9O. The van der Waals surface area contributed by atoms with E-state index in [1.165, 1.54) is 80.8 Å². The van der Waals surface area contributed by atoms with Gasteiger partial charge in [-0.05, 0) is 208 Å². The normalized spacial score (nSPS) is 13.5. The minimum Gasteiger partial charge on any atom is -0.452 e. The number of benzene rings is 26. The Bertz CT molecular complexity index is 11900. The maximum absolute atomic E-state index is 6.74. The molecule has 10 heteroatoms. The Balaban J connectivity index is 0.557. The van der Waals surface area contributed by atoms with E-state index in [1.54, 1.807) is 0 Å². The molecule has 0 amide bonds. The van der Waals surface area contributed by atoms with Crippen LogP contribution in [0.15, 0.2) is 465 Å². The first-order valence-corrected chi connectivity index (χ1v) is 51.5. The fraction of sp³-hybridized carbons (Fsp3) is 0.0143. The summed E-state index contributed by atoms with van der Waals surface area (Å²) in [5.41, 5.74) is 21.4. The van der Waals surface area contributed by atoms with Gasteiger partial charge in [0.25, 0.3) is 0 Å². The molecule has 7 heterocycles. The van der Waals surface area contributed by atoms with Gasteiger partial charge in [0.15, 0.2) is 5.58 Å². The maximum Gasteiger partial charge on any atom is 0.236 e. The number of nitrogens with zero attached hydrogens (tertiary/aromatic N) is 9. The maximum atomic E-state index is 6.74. The number of aromatic nitrogens is 9. The molecule has 0 bridgehead atoms. The van der Waals surface area contributed by atoms with E-state index in [9.17, 15) is 0 Å². The van der Waals surface area contributed by atoms with Gasteiger partial charge in [-0.2, -0.15) is 0 Å². The highest BCUT2D eigenvalue weighted by atomic mass is 16.3. The highest BCUT2D eigenvalue weighted by molar-refractivity contribution is 6.41. The van der Waals surface area contributed by atoms with E-state index in [4.69, 9.17) is 34.3 Å². The van der Waals surface area contributed by atoms with Crippen molar-refractivity contribution in [3.8, 4) is 74.0 Å². The lowest BCUT2D eigenvalue weighted by Crippen LogP contribution is -2.24. The first-order valence-electron chi connectivity index (χ1n) is 51.5. The molecule has 0 fully saturated rings. The van der Waals surface area contributed by atoms with E-state index < -0.39 is 5.41 Å². The van der Waals surface area contributed by atoms with Crippen LogP contribution in [-0.4, -0.2) is 43.6 Å². The molecular weight excluding hydrogens is 1820 g/mol. The summed E-state index contributed by atoms with van der Waals surface area (Å²) >= 11 is 0. The molecule has 10 nitrogen and oxygen atoms in total. The molecule has 33 aromatic rings. The predicted octanol–water partition coefficient (Wildman–Crippen LogP) is 36.5. The monoisotopic (exact) mass is 1900 g/mol. The van der Waals surface area contributed by atoms with Crippen LogP contribution in [0.3, 0.4) is 0 Å². The van der Waals surface area contributed by atoms with Crippen molar-refractivity contribution >= 4 is 249 Å². The van der Waals surface area contributed by atoms with Crippen LogP contribution in [0.4, 0.5) is 0 Å². The number of hydrogen-bond acceptors (Lipinski definition) is 7. The van der Waals surface area contributed by atoms with Gasteiger partial charge in [-0.1, -0.05) is 400 Å². The minimum atomic E-state index is -0.798. The van der Waals surface area contributed by atoms with Crippen LogP contribution < -0.4 is 0 Å². The zero-order valence-electron chi connectivity index (χ0n) is 80.8. The summed E-state index contributed by atoms with van der Waals surface area (Å²) in [6.07, 6.45) is 0. The molecule has 1 atom stereocenters. The molecule has 0 aliphatic heterocycles. The number of furan rings is 1. The van der Waals surface area contributed by atoms with E-state index in [2.05, 4.69) is 463 Å². The third kappa shape index (κ3) is 11.1. The van der Waals surface area contributed by atoms with E-state index in [-0.39, 0.29) is 0 Å². The Kier molecular flexibility index (Phi) is 16.5. The van der Waals surface area contributed by atoms with E-state index in [0.29, 0.717) is 23.4 Å². The fourth-order valence-electron chi connectivity index (χ4n) is 26.8. The van der Waals surface area contributed by atoms with Crippen molar-refractivity contribution in [3.63, 3.8) is 0 Å². The topological polar surface area (TPSA) is 105 Å². The first-order chi connectivity index (χ1) is 74.3. The zero-order chi connectivity index (χ0) is 97.7. The van der Waals surface area contributed by atoms with Crippen LogP contribution in [0.25, 0.3) is 323 Å². The summed E-state index contributed by atoms with van der Waals surface area (Å²) in [7, 11) is 0. The largest absolute Gasteiger partial charge is 0.452 e. The van der Waals surface area contributed by atoms with Crippen molar-refractivity contribution in [2.45, 2.75) is 12.3 Å². The lowest BCUT2D eigenvalue weighted by Gasteiger charge is -2.30. The Morgan fingerprint density at radius 2 is 0.573 bits per heavy atom. The highest BCUT2D eigenvalue weighted by Gasteiger charge is 2.46. The number of para-hydroxylation sites is 1. The van der Waals surface area contributed by atoms with Crippen LogP contribution in [0, 0.1) is 0 Å². The molecule has 1 unspecified atom stereocenters. The first kappa shape index (κ1) is 81.5. The minimum absolute atomic E-state index is 0.566. The number of rotatable bonds is 8. The van der Waals surface area contributed by atoms with Gasteiger partial charge in [0.2, 0.25) is 17.8 Å². The SMILES string of the molecule is CC1(c2ccc3c(c2)c2ccccc2c2ccc4c(c5ccc6ccccc6c5n4-c4nc(-c5ccccc5)c5oc6ccccc6c5n4)c23)c2ccccc2-c2nc(-n3c4ccc5c6ccccc6c6cc(-c7ccc8c(ccc9nc(-n%10c%11ccc%12c%13ccccc%13c%13ccccc%13c%12c%11c%11ccc%12ccccc%12c%11%10)nc(-c%10ccc%11ccccc%11c%10)c98)c7)ccc6c5c4c4ccc5ccccc5c43)nc(-c3ccccc3)c21. The third-order valence-corrected chi connectivity index (χ3v) is 33.4. The van der Waals surface area contributed by atoms with Crippen molar-refractivity contribution in [2.75, 3.05) is 0 Å². The Morgan fingerprint density at radius 3 is 1.14 bits per heavy atom. The highest BCUT2D eigenvalue weighted by Crippen LogP contribution is 2.59. The average molecular weight is 1900 g/mol. The third-order valence-electron chi connectivity index (χ3n) is 33.4. The molecule has 0 radical (unpaired) electrons. The summed E-state index contributed by atoms with van der Waals surface area (Å²) in [4.78, 5) is 35.4. The Hall–Kier alpha value is -19.9. The lowest BCUT2D eigenvalue weighted by atomic mass is 9.72. The van der Waals surface area contributed by atoms with Gasteiger partial charge in [0.1, 0.15) is 16.8 Å². The molecule has 34 rings (SSSR count). The summed E-state index contributed by atoms with van der Waals surface area (Å²) < 4.78 is 13.8. The fourth-order valence-corrected chi connectivity index (χ4v) is 26.8. The van der Waals surface area contributed by atoms with Gasteiger partial charge in [-0.15, -0.1) is 0 Å². The molecule has 26 aromatic carbocycles.